The summed E-state index contributed by atoms with van der Waals surface area (Å²) < 4.78 is 0. The summed E-state index contributed by atoms with van der Waals surface area (Å²) in [7, 11) is 2.17. The molecule has 0 aromatic heterocycles. The first-order chi connectivity index (χ1) is 8.63. The van der Waals surface area contributed by atoms with Crippen LogP contribution in [-0.2, 0) is 9.59 Å². The minimum absolute atomic E-state index is 0.0135. The fourth-order valence-electron chi connectivity index (χ4n) is 3.79. The Balaban J connectivity index is 2.10. The average molecular weight is 266 g/mol. The van der Waals surface area contributed by atoms with Crippen LogP contribution in [0.5, 0.6) is 0 Å². The quantitative estimate of drug-likeness (QED) is 0.718. The molecule has 0 bridgehead atoms. The standard InChI is InChI=1S/C15H26N2O2/c1-14(2)8-11(9-15(3,4)16(14)5)10-17-12(18)6-7-13(17)19/h11H,6-10H2,1-5H3. The topological polar surface area (TPSA) is 40.6 Å². The minimum Gasteiger partial charge on any atom is -0.296 e. The van der Waals surface area contributed by atoms with E-state index in [4.69, 9.17) is 0 Å². The van der Waals surface area contributed by atoms with Gasteiger partial charge in [-0.1, -0.05) is 0 Å². The molecule has 0 N–H and O–H groups in total. The number of piperidine rings is 1. The highest BCUT2D eigenvalue weighted by molar-refractivity contribution is 6.01. The van der Waals surface area contributed by atoms with Crippen molar-refractivity contribution in [1.29, 1.82) is 0 Å². The summed E-state index contributed by atoms with van der Waals surface area (Å²) in [4.78, 5) is 27.4. The summed E-state index contributed by atoms with van der Waals surface area (Å²) >= 11 is 0. The predicted molar refractivity (Wildman–Crippen MR) is 74.6 cm³/mol. The first kappa shape index (κ1) is 14.5. The Hall–Kier alpha value is -0.900. The third-order valence-electron chi connectivity index (χ3n) is 4.99. The number of nitrogens with zero attached hydrogens (tertiary/aromatic N) is 2. The van der Waals surface area contributed by atoms with E-state index in [9.17, 15) is 9.59 Å². The Morgan fingerprint density at radius 1 is 1.00 bits per heavy atom. The molecule has 4 heteroatoms. The Labute approximate surface area is 116 Å². The second-order valence-corrected chi connectivity index (χ2v) is 7.36. The summed E-state index contributed by atoms with van der Waals surface area (Å²) in [5.41, 5.74) is 0.219. The molecule has 2 fully saturated rings. The molecule has 2 saturated heterocycles. The fourth-order valence-corrected chi connectivity index (χ4v) is 3.79. The van der Waals surface area contributed by atoms with Crippen LogP contribution in [0.3, 0.4) is 0 Å². The van der Waals surface area contributed by atoms with Crippen LogP contribution in [0.4, 0.5) is 0 Å². The lowest BCUT2D eigenvalue weighted by atomic mass is 9.74. The van der Waals surface area contributed by atoms with Crippen LogP contribution in [0.15, 0.2) is 0 Å². The number of hydrogen-bond acceptors (Lipinski definition) is 3. The zero-order valence-electron chi connectivity index (χ0n) is 12.8. The highest BCUT2D eigenvalue weighted by Crippen LogP contribution is 2.40. The third kappa shape index (κ3) is 2.69. The monoisotopic (exact) mass is 266 g/mol. The van der Waals surface area contributed by atoms with E-state index in [1.54, 1.807) is 0 Å². The van der Waals surface area contributed by atoms with E-state index in [-0.39, 0.29) is 22.9 Å². The van der Waals surface area contributed by atoms with E-state index in [0.717, 1.165) is 12.8 Å². The number of likely N-dealkylation sites (tertiary alicyclic amines) is 2. The van der Waals surface area contributed by atoms with Crippen LogP contribution in [0.2, 0.25) is 0 Å². The predicted octanol–water partition coefficient (Wildman–Crippen LogP) is 2.03. The lowest BCUT2D eigenvalue weighted by molar-refractivity contribution is -0.140. The molecule has 2 aliphatic rings. The second kappa shape index (κ2) is 4.58. The molecule has 0 aromatic carbocycles. The van der Waals surface area contributed by atoms with Gasteiger partial charge in [-0.15, -0.1) is 0 Å². The number of hydrogen-bond donors (Lipinski definition) is 0. The van der Waals surface area contributed by atoms with E-state index >= 15 is 0 Å². The van der Waals surface area contributed by atoms with Gasteiger partial charge >= 0.3 is 0 Å². The third-order valence-corrected chi connectivity index (χ3v) is 4.99. The zero-order valence-corrected chi connectivity index (χ0v) is 12.8. The summed E-state index contributed by atoms with van der Waals surface area (Å²) in [5.74, 6) is 0.436. The Morgan fingerprint density at radius 2 is 1.42 bits per heavy atom. The van der Waals surface area contributed by atoms with Crippen LogP contribution in [0.1, 0.15) is 53.4 Å². The van der Waals surface area contributed by atoms with E-state index in [1.165, 1.54) is 4.90 Å². The normalized spacial score (nSPS) is 28.2. The Morgan fingerprint density at radius 3 is 1.84 bits per heavy atom. The molecule has 2 aliphatic heterocycles. The Kier molecular flexibility index (Phi) is 3.50. The smallest absolute Gasteiger partial charge is 0.229 e. The van der Waals surface area contributed by atoms with Gasteiger partial charge in [0, 0.05) is 30.5 Å². The van der Waals surface area contributed by atoms with Crippen LogP contribution < -0.4 is 0 Å². The van der Waals surface area contributed by atoms with E-state index in [0.29, 0.717) is 25.3 Å². The van der Waals surface area contributed by atoms with Gasteiger partial charge in [-0.2, -0.15) is 0 Å². The number of amides is 2. The molecule has 2 heterocycles. The minimum atomic E-state index is 0.0135. The molecule has 0 atom stereocenters. The largest absolute Gasteiger partial charge is 0.296 e. The molecule has 0 radical (unpaired) electrons. The first-order valence-corrected chi connectivity index (χ1v) is 7.21. The van der Waals surface area contributed by atoms with Crippen molar-refractivity contribution in [3.8, 4) is 0 Å². The number of carbonyl (C=O) groups is 2. The zero-order chi connectivity index (χ0) is 14.4. The van der Waals surface area contributed by atoms with Crippen molar-refractivity contribution in [2.75, 3.05) is 13.6 Å². The van der Waals surface area contributed by atoms with Gasteiger partial charge in [0.15, 0.2) is 0 Å². The molecule has 2 rings (SSSR count). The van der Waals surface area contributed by atoms with Gasteiger partial charge < -0.3 is 0 Å². The maximum atomic E-state index is 11.7. The van der Waals surface area contributed by atoms with Gasteiger partial charge in [-0.05, 0) is 53.5 Å². The number of rotatable bonds is 2. The first-order valence-electron chi connectivity index (χ1n) is 7.21. The van der Waals surface area contributed by atoms with Gasteiger partial charge in [0.25, 0.3) is 0 Å². The van der Waals surface area contributed by atoms with Crippen LogP contribution in [0, 0.1) is 5.92 Å². The van der Waals surface area contributed by atoms with Gasteiger partial charge in [0.2, 0.25) is 11.8 Å². The van der Waals surface area contributed by atoms with Crippen molar-refractivity contribution in [2.24, 2.45) is 5.92 Å². The van der Waals surface area contributed by atoms with Gasteiger partial charge in [0.1, 0.15) is 0 Å². The molecule has 2 amide bonds. The van der Waals surface area contributed by atoms with Crippen molar-refractivity contribution in [2.45, 2.75) is 64.5 Å². The maximum Gasteiger partial charge on any atom is 0.229 e. The highest BCUT2D eigenvalue weighted by Gasteiger charge is 2.44. The second-order valence-electron chi connectivity index (χ2n) is 7.36. The molecular formula is C15H26N2O2. The highest BCUT2D eigenvalue weighted by atomic mass is 16.2. The van der Waals surface area contributed by atoms with Crippen LogP contribution in [-0.4, -0.2) is 46.3 Å². The van der Waals surface area contributed by atoms with E-state index in [2.05, 4.69) is 39.6 Å². The molecule has 19 heavy (non-hydrogen) atoms. The molecule has 0 saturated carbocycles. The molecule has 0 spiro atoms. The van der Waals surface area contributed by atoms with E-state index in [1.807, 2.05) is 0 Å². The Bertz CT molecular complexity index is 367. The van der Waals surface area contributed by atoms with Gasteiger partial charge in [0.05, 0.1) is 0 Å². The SMILES string of the molecule is CN1C(C)(C)CC(CN2C(=O)CCC2=O)CC1(C)C. The van der Waals surface area contributed by atoms with Gasteiger partial charge in [-0.25, -0.2) is 0 Å². The lowest BCUT2D eigenvalue weighted by Crippen LogP contribution is -2.59. The van der Waals surface area contributed by atoms with Gasteiger partial charge in [-0.3, -0.25) is 19.4 Å². The number of imide groups is 1. The fraction of sp³-hybridized carbons (Fsp3) is 0.867. The molecule has 0 aromatic rings. The van der Waals surface area contributed by atoms with Crippen molar-refractivity contribution in [3.63, 3.8) is 0 Å². The molecule has 108 valence electrons. The molecule has 0 aliphatic carbocycles. The van der Waals surface area contributed by atoms with E-state index < -0.39 is 0 Å². The average Bonchev–Trinajstić information content (AvgIpc) is 2.57. The van der Waals surface area contributed by atoms with Crippen LogP contribution in [0.25, 0.3) is 0 Å². The van der Waals surface area contributed by atoms with Crippen molar-refractivity contribution >= 4 is 11.8 Å². The number of carbonyl (C=O) groups excluding carboxylic acids is 2. The summed E-state index contributed by atoms with van der Waals surface area (Å²) in [6.07, 6.45) is 2.87. The molecular weight excluding hydrogens is 240 g/mol. The summed E-state index contributed by atoms with van der Waals surface area (Å²) in [5, 5.41) is 0. The van der Waals surface area contributed by atoms with Crippen LogP contribution >= 0.6 is 0 Å². The maximum absolute atomic E-state index is 11.7. The van der Waals surface area contributed by atoms with Crippen molar-refractivity contribution in [1.82, 2.24) is 9.80 Å². The summed E-state index contributed by atoms with van der Waals surface area (Å²) in [6, 6.07) is 0. The molecule has 0 unspecified atom stereocenters. The summed E-state index contributed by atoms with van der Waals surface area (Å²) in [6.45, 7) is 9.59. The van der Waals surface area contributed by atoms with Crippen molar-refractivity contribution in [3.05, 3.63) is 0 Å². The van der Waals surface area contributed by atoms with Crippen molar-refractivity contribution < 1.29 is 9.59 Å². The molecule has 4 nitrogen and oxygen atoms in total. The lowest BCUT2D eigenvalue weighted by Gasteiger charge is -2.54.